The molecule has 0 heterocycles. The summed E-state index contributed by atoms with van der Waals surface area (Å²) in [5.41, 5.74) is 3.38. The van der Waals surface area contributed by atoms with Gasteiger partial charge in [-0.2, -0.15) is 5.26 Å². The summed E-state index contributed by atoms with van der Waals surface area (Å²) >= 11 is 5.90. The van der Waals surface area contributed by atoms with Crippen LogP contribution in [0.1, 0.15) is 24.5 Å². The molecule has 0 saturated heterocycles. The minimum Gasteiger partial charge on any atom is -0.508 e. The molecule has 2 aromatic rings. The molecule has 0 radical (unpaired) electrons. The summed E-state index contributed by atoms with van der Waals surface area (Å²) in [7, 11) is 0. The van der Waals surface area contributed by atoms with E-state index in [9.17, 15) is 10.4 Å². The van der Waals surface area contributed by atoms with Crippen molar-refractivity contribution in [3.05, 3.63) is 64.7 Å². The van der Waals surface area contributed by atoms with Crippen molar-refractivity contribution in [1.82, 2.24) is 0 Å². The first-order chi connectivity index (χ1) is 9.65. The van der Waals surface area contributed by atoms with Crippen LogP contribution in [0.3, 0.4) is 0 Å². The third-order valence-electron chi connectivity index (χ3n) is 3.12. The summed E-state index contributed by atoms with van der Waals surface area (Å²) in [4.78, 5) is 0. The minimum absolute atomic E-state index is 0.190. The quantitative estimate of drug-likeness (QED) is 0.644. The Kier molecular flexibility index (Phi) is 4.45. The van der Waals surface area contributed by atoms with Gasteiger partial charge in [0, 0.05) is 5.02 Å². The predicted octanol–water partition coefficient (Wildman–Crippen LogP) is 4.89. The normalized spacial score (nSPS) is 11.7. The topological polar surface area (TPSA) is 44.0 Å². The molecule has 2 aromatic carbocycles. The second kappa shape index (κ2) is 6.27. The molecule has 0 aliphatic rings. The van der Waals surface area contributed by atoms with Crippen LogP contribution in [0.5, 0.6) is 5.75 Å². The predicted molar refractivity (Wildman–Crippen MR) is 82.3 cm³/mol. The smallest absolute Gasteiger partial charge is 0.115 e. The molecule has 2 nitrogen and oxygen atoms in total. The van der Waals surface area contributed by atoms with E-state index in [1.54, 1.807) is 24.3 Å². The van der Waals surface area contributed by atoms with E-state index in [4.69, 9.17) is 11.6 Å². The fourth-order valence-corrected chi connectivity index (χ4v) is 2.24. The molecule has 0 bridgehead atoms. The van der Waals surface area contributed by atoms with E-state index in [1.165, 1.54) is 0 Å². The molecule has 20 heavy (non-hydrogen) atoms. The van der Waals surface area contributed by atoms with E-state index in [-0.39, 0.29) is 5.75 Å². The number of halogens is 1. The van der Waals surface area contributed by atoms with Gasteiger partial charge >= 0.3 is 0 Å². The van der Waals surface area contributed by atoms with Gasteiger partial charge in [0.05, 0.1) is 5.57 Å². The minimum atomic E-state index is 0.190. The Morgan fingerprint density at radius 1 is 1.05 bits per heavy atom. The molecular formula is C17H14ClNO. The fraction of sp³-hybridized carbons (Fsp3) is 0.118. The van der Waals surface area contributed by atoms with E-state index in [0.29, 0.717) is 10.6 Å². The largest absolute Gasteiger partial charge is 0.508 e. The Bertz CT molecular complexity index is 664. The first kappa shape index (κ1) is 14.2. The van der Waals surface area contributed by atoms with Gasteiger partial charge in [-0.15, -0.1) is 0 Å². The first-order valence-corrected chi connectivity index (χ1v) is 6.72. The Balaban J connectivity index is 2.56. The molecule has 0 aliphatic heterocycles. The van der Waals surface area contributed by atoms with Crippen LogP contribution in [0.15, 0.2) is 48.5 Å². The lowest BCUT2D eigenvalue weighted by Crippen LogP contribution is -1.90. The summed E-state index contributed by atoms with van der Waals surface area (Å²) in [6.45, 7) is 2.02. The van der Waals surface area contributed by atoms with Gasteiger partial charge in [0.15, 0.2) is 0 Å². The number of phenols is 1. The number of hydrogen-bond acceptors (Lipinski definition) is 2. The van der Waals surface area contributed by atoms with Crippen molar-refractivity contribution < 1.29 is 5.11 Å². The Hall–Kier alpha value is -2.24. The van der Waals surface area contributed by atoms with Gasteiger partial charge in [-0.05, 0) is 59.5 Å². The maximum Gasteiger partial charge on any atom is 0.115 e. The van der Waals surface area contributed by atoms with Crippen molar-refractivity contribution in [1.29, 1.82) is 5.26 Å². The van der Waals surface area contributed by atoms with Gasteiger partial charge in [-0.1, -0.05) is 30.7 Å². The lowest BCUT2D eigenvalue weighted by molar-refractivity contribution is 0.475. The van der Waals surface area contributed by atoms with Gasteiger partial charge in [0.2, 0.25) is 0 Å². The summed E-state index contributed by atoms with van der Waals surface area (Å²) in [6, 6.07) is 16.4. The maximum atomic E-state index is 9.47. The van der Waals surface area contributed by atoms with Gasteiger partial charge in [0.25, 0.3) is 0 Å². The lowest BCUT2D eigenvalue weighted by atomic mass is 9.94. The third kappa shape index (κ3) is 3.01. The van der Waals surface area contributed by atoms with Gasteiger partial charge in [-0.3, -0.25) is 0 Å². The van der Waals surface area contributed by atoms with Crippen LogP contribution < -0.4 is 0 Å². The average Bonchev–Trinajstić information content (AvgIpc) is 2.47. The standard InChI is InChI=1S/C17H14ClNO/c1-2-16(12-3-7-14(18)8-4-12)17(11-19)13-5-9-15(20)10-6-13/h3-10,20H,2H2,1H3/b17-16+. The van der Waals surface area contributed by atoms with E-state index in [2.05, 4.69) is 6.07 Å². The Labute approximate surface area is 123 Å². The first-order valence-electron chi connectivity index (χ1n) is 6.34. The lowest BCUT2D eigenvalue weighted by Gasteiger charge is -2.10. The van der Waals surface area contributed by atoms with Crippen LogP contribution in [-0.2, 0) is 0 Å². The van der Waals surface area contributed by atoms with Crippen molar-refractivity contribution in [2.75, 3.05) is 0 Å². The van der Waals surface area contributed by atoms with Gasteiger partial charge < -0.3 is 5.11 Å². The maximum absolute atomic E-state index is 9.47. The van der Waals surface area contributed by atoms with Crippen LogP contribution in [0.2, 0.25) is 5.02 Å². The molecule has 0 amide bonds. The molecule has 0 aromatic heterocycles. The number of nitriles is 1. The molecule has 0 spiro atoms. The molecule has 0 fully saturated rings. The average molecular weight is 284 g/mol. The summed E-state index contributed by atoms with van der Waals surface area (Å²) in [5, 5.41) is 19.5. The van der Waals surface area contributed by atoms with Crippen LogP contribution in [0, 0.1) is 11.3 Å². The number of aromatic hydroxyl groups is 1. The van der Waals surface area contributed by atoms with Crippen molar-refractivity contribution in [2.45, 2.75) is 13.3 Å². The molecule has 0 unspecified atom stereocenters. The summed E-state index contributed by atoms with van der Waals surface area (Å²) in [6.07, 6.45) is 0.741. The number of benzene rings is 2. The zero-order valence-electron chi connectivity index (χ0n) is 11.1. The van der Waals surface area contributed by atoms with Gasteiger partial charge in [0.1, 0.15) is 11.8 Å². The van der Waals surface area contributed by atoms with Crippen LogP contribution in [-0.4, -0.2) is 5.11 Å². The number of nitrogens with zero attached hydrogens (tertiary/aromatic N) is 1. The second-order valence-electron chi connectivity index (χ2n) is 4.37. The zero-order chi connectivity index (χ0) is 14.5. The van der Waals surface area contributed by atoms with Crippen molar-refractivity contribution in [2.24, 2.45) is 0 Å². The third-order valence-corrected chi connectivity index (χ3v) is 3.37. The van der Waals surface area contributed by atoms with Crippen LogP contribution in [0.4, 0.5) is 0 Å². The molecule has 2 rings (SSSR count). The van der Waals surface area contributed by atoms with E-state index in [0.717, 1.165) is 23.1 Å². The monoisotopic (exact) mass is 283 g/mol. The highest BCUT2D eigenvalue weighted by molar-refractivity contribution is 6.30. The SMILES string of the molecule is CC/C(=C(/C#N)c1ccc(O)cc1)c1ccc(Cl)cc1. The van der Waals surface area contributed by atoms with E-state index >= 15 is 0 Å². The molecule has 0 atom stereocenters. The fourth-order valence-electron chi connectivity index (χ4n) is 2.11. The highest BCUT2D eigenvalue weighted by Crippen LogP contribution is 2.30. The number of hydrogen-bond donors (Lipinski definition) is 1. The second-order valence-corrected chi connectivity index (χ2v) is 4.81. The number of allylic oxidation sites excluding steroid dienone is 2. The molecule has 100 valence electrons. The molecule has 1 N–H and O–H groups in total. The highest BCUT2D eigenvalue weighted by Gasteiger charge is 2.10. The molecule has 0 aliphatic carbocycles. The van der Waals surface area contributed by atoms with Crippen molar-refractivity contribution >= 4 is 22.7 Å². The van der Waals surface area contributed by atoms with Gasteiger partial charge in [-0.25, -0.2) is 0 Å². The molecule has 3 heteroatoms. The Morgan fingerprint density at radius 2 is 1.60 bits per heavy atom. The zero-order valence-corrected chi connectivity index (χ0v) is 11.9. The van der Waals surface area contributed by atoms with Crippen molar-refractivity contribution in [3.8, 4) is 11.8 Å². The summed E-state index contributed by atoms with van der Waals surface area (Å²) in [5.74, 6) is 0.190. The van der Waals surface area contributed by atoms with E-state index < -0.39 is 0 Å². The summed E-state index contributed by atoms with van der Waals surface area (Å²) < 4.78 is 0. The Morgan fingerprint density at radius 3 is 2.10 bits per heavy atom. The molecular weight excluding hydrogens is 270 g/mol. The van der Waals surface area contributed by atoms with Crippen LogP contribution >= 0.6 is 11.6 Å². The number of phenolic OH excluding ortho intramolecular Hbond substituents is 1. The molecule has 0 saturated carbocycles. The number of rotatable bonds is 3. The van der Waals surface area contributed by atoms with Crippen molar-refractivity contribution in [3.63, 3.8) is 0 Å². The van der Waals surface area contributed by atoms with E-state index in [1.807, 2.05) is 31.2 Å². The van der Waals surface area contributed by atoms with Crippen LogP contribution in [0.25, 0.3) is 11.1 Å². The highest BCUT2D eigenvalue weighted by atomic mass is 35.5.